The van der Waals surface area contributed by atoms with Crippen molar-refractivity contribution in [1.82, 2.24) is 10.2 Å². The highest BCUT2D eigenvalue weighted by Gasteiger charge is 2.06. The number of hydrogen-bond donors (Lipinski definition) is 0. The van der Waals surface area contributed by atoms with Crippen LogP contribution < -0.4 is 0 Å². The van der Waals surface area contributed by atoms with Crippen LogP contribution in [0.15, 0.2) is 30.3 Å². The topological polar surface area (TPSA) is 25.8 Å². The minimum absolute atomic E-state index is 0.242. The van der Waals surface area contributed by atoms with Gasteiger partial charge in [0.25, 0.3) is 0 Å². The van der Waals surface area contributed by atoms with Crippen molar-refractivity contribution in [3.05, 3.63) is 46.5 Å². The largest absolute Gasteiger partial charge is 0.207 e. The summed E-state index contributed by atoms with van der Waals surface area (Å²) in [7, 11) is 0. The van der Waals surface area contributed by atoms with E-state index in [-0.39, 0.29) is 16.1 Å². The van der Waals surface area contributed by atoms with E-state index in [0.29, 0.717) is 5.56 Å². The summed E-state index contributed by atoms with van der Waals surface area (Å²) in [5, 5.41) is 7.75. The second-order valence-electron chi connectivity index (χ2n) is 2.88. The van der Waals surface area contributed by atoms with E-state index in [0.717, 1.165) is 5.56 Å². The van der Waals surface area contributed by atoms with Crippen LogP contribution in [-0.4, -0.2) is 10.2 Å². The van der Waals surface area contributed by atoms with Crippen LogP contribution in [0.2, 0.25) is 10.3 Å². The van der Waals surface area contributed by atoms with Gasteiger partial charge in [0.2, 0.25) is 0 Å². The predicted octanol–water partition coefficient (Wildman–Crippen LogP) is 3.59. The molecule has 0 atom stereocenters. The van der Waals surface area contributed by atoms with Crippen molar-refractivity contribution < 1.29 is 4.39 Å². The molecule has 1 aromatic heterocycles. The normalized spacial score (nSPS) is 10.3. The molecular weight excluding hydrogens is 238 g/mol. The molecule has 2 rings (SSSR count). The minimum atomic E-state index is -0.303. The molecule has 0 aliphatic rings. The molecule has 5 heteroatoms. The summed E-state index contributed by atoms with van der Waals surface area (Å²) in [4.78, 5) is 0. The zero-order valence-corrected chi connectivity index (χ0v) is 8.93. The van der Waals surface area contributed by atoms with Gasteiger partial charge in [0.1, 0.15) is 5.82 Å². The van der Waals surface area contributed by atoms with E-state index >= 15 is 0 Å². The maximum absolute atomic E-state index is 12.7. The molecule has 0 amide bonds. The second-order valence-corrected chi connectivity index (χ2v) is 3.62. The van der Waals surface area contributed by atoms with Crippen LogP contribution in [0.1, 0.15) is 0 Å². The third kappa shape index (κ3) is 2.25. The van der Waals surface area contributed by atoms with Gasteiger partial charge in [-0.3, -0.25) is 0 Å². The van der Waals surface area contributed by atoms with Crippen molar-refractivity contribution >= 4 is 23.2 Å². The molecule has 0 N–H and O–H groups in total. The Bertz CT molecular complexity index is 485. The van der Waals surface area contributed by atoms with Crippen molar-refractivity contribution in [2.75, 3.05) is 0 Å². The molecule has 0 aliphatic heterocycles. The Balaban J connectivity index is 2.53. The lowest BCUT2D eigenvalue weighted by Gasteiger charge is -2.02. The Kier molecular flexibility index (Phi) is 2.84. The van der Waals surface area contributed by atoms with E-state index in [4.69, 9.17) is 23.2 Å². The molecule has 0 radical (unpaired) electrons. The highest BCUT2D eigenvalue weighted by Crippen LogP contribution is 2.27. The molecule has 15 heavy (non-hydrogen) atoms. The number of rotatable bonds is 1. The van der Waals surface area contributed by atoms with E-state index < -0.39 is 0 Å². The van der Waals surface area contributed by atoms with Gasteiger partial charge in [-0.1, -0.05) is 35.3 Å². The van der Waals surface area contributed by atoms with Crippen molar-refractivity contribution in [3.8, 4) is 11.1 Å². The zero-order valence-electron chi connectivity index (χ0n) is 7.42. The molecule has 76 valence electrons. The molecule has 0 bridgehead atoms. The second kappa shape index (κ2) is 4.13. The van der Waals surface area contributed by atoms with Crippen molar-refractivity contribution in [3.63, 3.8) is 0 Å². The van der Waals surface area contributed by atoms with Gasteiger partial charge in [-0.05, 0) is 23.8 Å². The number of benzene rings is 1. The summed E-state index contributed by atoms with van der Waals surface area (Å²) >= 11 is 11.5. The zero-order chi connectivity index (χ0) is 10.8. The lowest BCUT2D eigenvalue weighted by atomic mass is 10.1. The summed E-state index contributed by atoms with van der Waals surface area (Å²) in [5.74, 6) is -0.303. The van der Waals surface area contributed by atoms with Crippen LogP contribution in [-0.2, 0) is 0 Å². The van der Waals surface area contributed by atoms with E-state index in [2.05, 4.69) is 10.2 Å². The fourth-order valence-electron chi connectivity index (χ4n) is 1.18. The third-order valence-corrected chi connectivity index (χ3v) is 2.34. The smallest absolute Gasteiger partial charge is 0.159 e. The van der Waals surface area contributed by atoms with E-state index in [1.807, 2.05) is 0 Å². The van der Waals surface area contributed by atoms with Crippen molar-refractivity contribution in [1.29, 1.82) is 0 Å². The number of halogens is 3. The van der Waals surface area contributed by atoms with Gasteiger partial charge in [0, 0.05) is 5.56 Å². The van der Waals surface area contributed by atoms with Gasteiger partial charge in [-0.2, -0.15) is 0 Å². The Morgan fingerprint density at radius 2 is 1.67 bits per heavy atom. The highest BCUT2D eigenvalue weighted by atomic mass is 35.5. The summed E-state index contributed by atoms with van der Waals surface area (Å²) in [5.41, 5.74) is 1.38. The van der Waals surface area contributed by atoms with Crippen LogP contribution in [0.3, 0.4) is 0 Å². The Morgan fingerprint density at radius 1 is 1.00 bits per heavy atom. The molecular formula is C10H5Cl2FN2. The van der Waals surface area contributed by atoms with Crippen molar-refractivity contribution in [2.24, 2.45) is 0 Å². The number of aromatic nitrogens is 2. The third-order valence-electron chi connectivity index (χ3n) is 1.87. The first-order valence-electron chi connectivity index (χ1n) is 4.11. The van der Waals surface area contributed by atoms with E-state index in [1.165, 1.54) is 12.1 Å². The number of nitrogens with zero attached hydrogens (tertiary/aromatic N) is 2. The van der Waals surface area contributed by atoms with E-state index in [9.17, 15) is 4.39 Å². The Labute approximate surface area is 95.7 Å². The average molecular weight is 243 g/mol. The summed E-state index contributed by atoms with van der Waals surface area (Å²) in [6.07, 6.45) is 0. The molecule has 2 nitrogen and oxygen atoms in total. The molecule has 1 aromatic carbocycles. The van der Waals surface area contributed by atoms with Crippen LogP contribution in [0, 0.1) is 5.82 Å². The molecule has 0 spiro atoms. The first-order chi connectivity index (χ1) is 7.16. The lowest BCUT2D eigenvalue weighted by Crippen LogP contribution is -1.88. The average Bonchev–Trinajstić information content (AvgIpc) is 2.23. The SMILES string of the molecule is Fc1ccc(-c2cc(Cl)nnc2Cl)cc1. The maximum atomic E-state index is 12.7. The maximum Gasteiger partial charge on any atom is 0.159 e. The quantitative estimate of drug-likeness (QED) is 0.764. The van der Waals surface area contributed by atoms with Gasteiger partial charge >= 0.3 is 0 Å². The first-order valence-corrected chi connectivity index (χ1v) is 4.87. The lowest BCUT2D eigenvalue weighted by molar-refractivity contribution is 0.628. The van der Waals surface area contributed by atoms with Gasteiger partial charge in [0.05, 0.1) is 0 Å². The molecule has 0 fully saturated rings. The first kappa shape index (κ1) is 10.3. The Hall–Kier alpha value is -1.19. The molecule has 1 heterocycles. The van der Waals surface area contributed by atoms with Crippen molar-refractivity contribution in [2.45, 2.75) is 0 Å². The molecule has 0 saturated heterocycles. The van der Waals surface area contributed by atoms with Crippen LogP contribution in [0.4, 0.5) is 4.39 Å². The monoisotopic (exact) mass is 242 g/mol. The number of hydrogen-bond acceptors (Lipinski definition) is 2. The van der Waals surface area contributed by atoms with Gasteiger partial charge in [0.15, 0.2) is 10.3 Å². The van der Waals surface area contributed by atoms with Gasteiger partial charge in [-0.25, -0.2) is 4.39 Å². The summed E-state index contributed by atoms with van der Waals surface area (Å²) in [6, 6.07) is 7.49. The molecule has 0 unspecified atom stereocenters. The van der Waals surface area contributed by atoms with Gasteiger partial charge in [-0.15, -0.1) is 10.2 Å². The van der Waals surface area contributed by atoms with E-state index in [1.54, 1.807) is 18.2 Å². The van der Waals surface area contributed by atoms with Crippen LogP contribution in [0.25, 0.3) is 11.1 Å². The Morgan fingerprint density at radius 3 is 2.33 bits per heavy atom. The van der Waals surface area contributed by atoms with Crippen LogP contribution in [0.5, 0.6) is 0 Å². The minimum Gasteiger partial charge on any atom is -0.207 e. The highest BCUT2D eigenvalue weighted by molar-refractivity contribution is 6.33. The molecule has 2 aromatic rings. The predicted molar refractivity (Wildman–Crippen MR) is 57.4 cm³/mol. The standard InChI is InChI=1S/C10H5Cl2FN2/c11-9-5-8(10(12)15-14-9)6-1-3-7(13)4-2-6/h1-5H. The fourth-order valence-corrected chi connectivity index (χ4v) is 1.53. The molecule has 0 aliphatic carbocycles. The molecule has 0 saturated carbocycles. The summed E-state index contributed by atoms with van der Waals surface area (Å²) in [6.45, 7) is 0. The van der Waals surface area contributed by atoms with Crippen LogP contribution >= 0.6 is 23.2 Å². The van der Waals surface area contributed by atoms with Gasteiger partial charge < -0.3 is 0 Å². The fraction of sp³-hybridized carbons (Fsp3) is 0. The summed E-state index contributed by atoms with van der Waals surface area (Å²) < 4.78 is 12.7.